The summed E-state index contributed by atoms with van der Waals surface area (Å²) in [4.78, 5) is 10.8. The van der Waals surface area contributed by atoms with Gasteiger partial charge in [0.1, 0.15) is 6.10 Å². The zero-order chi connectivity index (χ0) is 9.14. The lowest BCUT2D eigenvalue weighted by Gasteiger charge is -2.28. The lowest BCUT2D eigenvalue weighted by Crippen LogP contribution is -2.34. The van der Waals surface area contributed by atoms with E-state index in [-0.39, 0.29) is 17.7 Å². The predicted octanol–water partition coefficient (Wildman–Crippen LogP) is 0.454. The molecular formula is C9H17NO2. The van der Waals surface area contributed by atoms with E-state index >= 15 is 0 Å². The van der Waals surface area contributed by atoms with Crippen molar-refractivity contribution < 1.29 is 9.90 Å². The van der Waals surface area contributed by atoms with E-state index in [1.54, 1.807) is 0 Å². The van der Waals surface area contributed by atoms with Crippen LogP contribution in [-0.4, -0.2) is 23.0 Å². The molecule has 3 N–H and O–H groups in total. The first-order valence-corrected chi connectivity index (χ1v) is 4.55. The molecule has 0 saturated heterocycles. The van der Waals surface area contributed by atoms with E-state index in [4.69, 9.17) is 5.73 Å². The van der Waals surface area contributed by atoms with Crippen LogP contribution in [0, 0.1) is 5.92 Å². The second-order valence-electron chi connectivity index (χ2n) is 3.73. The molecule has 1 saturated carbocycles. The lowest BCUT2D eigenvalue weighted by molar-refractivity contribution is -0.128. The summed E-state index contributed by atoms with van der Waals surface area (Å²) in [6.07, 6.45) is 2.91. The van der Waals surface area contributed by atoms with Gasteiger partial charge in [-0.1, -0.05) is 0 Å². The maximum atomic E-state index is 10.8. The molecule has 0 aliphatic heterocycles. The largest absolute Gasteiger partial charge is 0.385 e. The minimum Gasteiger partial charge on any atom is -0.385 e. The van der Waals surface area contributed by atoms with Gasteiger partial charge in [0.25, 0.3) is 0 Å². The molecular weight excluding hydrogens is 154 g/mol. The fourth-order valence-electron chi connectivity index (χ4n) is 1.79. The number of hydrogen-bond acceptors (Lipinski definition) is 3. The van der Waals surface area contributed by atoms with E-state index in [9.17, 15) is 9.90 Å². The number of aliphatic hydroxyl groups is 1. The van der Waals surface area contributed by atoms with Crippen molar-refractivity contribution in [1.29, 1.82) is 0 Å². The van der Waals surface area contributed by atoms with Crippen LogP contribution in [-0.2, 0) is 4.79 Å². The highest BCUT2D eigenvalue weighted by atomic mass is 16.3. The smallest absolute Gasteiger partial charge is 0.158 e. The standard InChI is InChI=1S/C9H17NO2/c1-6(11)9(12)7-2-4-8(10)5-3-7/h7-9,12H,2-5,10H2,1H3. The summed E-state index contributed by atoms with van der Waals surface area (Å²) in [7, 11) is 0. The van der Waals surface area contributed by atoms with Gasteiger partial charge < -0.3 is 10.8 Å². The van der Waals surface area contributed by atoms with E-state index in [0.717, 1.165) is 25.7 Å². The molecule has 1 fully saturated rings. The van der Waals surface area contributed by atoms with Gasteiger partial charge in [-0.3, -0.25) is 4.79 Å². The quantitative estimate of drug-likeness (QED) is 0.634. The molecule has 0 heterocycles. The predicted molar refractivity (Wildman–Crippen MR) is 46.6 cm³/mol. The summed E-state index contributed by atoms with van der Waals surface area (Å²) in [5.74, 6) is 0.0396. The number of ketones is 1. The number of hydrogen-bond donors (Lipinski definition) is 2. The van der Waals surface area contributed by atoms with Crippen molar-refractivity contribution in [1.82, 2.24) is 0 Å². The Morgan fingerprint density at radius 2 is 1.92 bits per heavy atom. The Bertz CT molecular complexity index is 162. The molecule has 0 aromatic carbocycles. The topological polar surface area (TPSA) is 63.3 Å². The Labute approximate surface area is 72.9 Å². The van der Waals surface area contributed by atoms with E-state index in [2.05, 4.69) is 0 Å². The third-order valence-electron chi connectivity index (χ3n) is 2.68. The second-order valence-corrected chi connectivity index (χ2v) is 3.73. The highest BCUT2D eigenvalue weighted by Gasteiger charge is 2.27. The van der Waals surface area contributed by atoms with Crippen molar-refractivity contribution in [3.63, 3.8) is 0 Å². The molecule has 0 aromatic heterocycles. The Morgan fingerprint density at radius 1 is 1.42 bits per heavy atom. The van der Waals surface area contributed by atoms with Crippen molar-refractivity contribution in [2.75, 3.05) is 0 Å². The lowest BCUT2D eigenvalue weighted by atomic mass is 9.82. The third kappa shape index (κ3) is 2.29. The van der Waals surface area contributed by atoms with Gasteiger partial charge in [-0.15, -0.1) is 0 Å². The molecule has 0 aromatic rings. The minimum absolute atomic E-state index is 0.115. The summed E-state index contributed by atoms with van der Waals surface area (Å²) in [6.45, 7) is 1.44. The first-order chi connectivity index (χ1) is 5.61. The summed E-state index contributed by atoms with van der Waals surface area (Å²) in [5, 5.41) is 9.45. The summed E-state index contributed by atoms with van der Waals surface area (Å²) >= 11 is 0. The third-order valence-corrected chi connectivity index (χ3v) is 2.68. The van der Waals surface area contributed by atoms with E-state index in [1.165, 1.54) is 6.92 Å². The van der Waals surface area contributed by atoms with E-state index in [1.807, 2.05) is 0 Å². The highest BCUT2D eigenvalue weighted by Crippen LogP contribution is 2.26. The van der Waals surface area contributed by atoms with Gasteiger partial charge in [0.2, 0.25) is 0 Å². The fourth-order valence-corrected chi connectivity index (χ4v) is 1.79. The molecule has 3 heteroatoms. The molecule has 0 spiro atoms. The maximum Gasteiger partial charge on any atom is 0.158 e. The molecule has 1 unspecified atom stereocenters. The molecule has 12 heavy (non-hydrogen) atoms. The minimum atomic E-state index is -0.752. The van der Waals surface area contributed by atoms with E-state index < -0.39 is 6.10 Å². The molecule has 0 bridgehead atoms. The van der Waals surface area contributed by atoms with Gasteiger partial charge in [0.05, 0.1) is 0 Å². The number of Topliss-reactive ketones (excluding diaryl/α,β-unsaturated/α-hetero) is 1. The average molecular weight is 171 g/mol. The van der Waals surface area contributed by atoms with Crippen LogP contribution >= 0.6 is 0 Å². The highest BCUT2D eigenvalue weighted by molar-refractivity contribution is 5.80. The van der Waals surface area contributed by atoms with Crippen molar-refractivity contribution >= 4 is 5.78 Å². The summed E-state index contributed by atoms with van der Waals surface area (Å²) in [5.41, 5.74) is 5.71. The normalized spacial score (nSPS) is 32.9. The number of rotatable bonds is 2. The van der Waals surface area contributed by atoms with Crippen LogP contribution in [0.15, 0.2) is 0 Å². The van der Waals surface area contributed by atoms with Crippen LogP contribution in [0.4, 0.5) is 0 Å². The van der Waals surface area contributed by atoms with Crippen LogP contribution in [0.2, 0.25) is 0 Å². The SMILES string of the molecule is CC(=O)C(O)C1CCC(N)CC1. The molecule has 0 radical (unpaired) electrons. The van der Waals surface area contributed by atoms with Gasteiger partial charge in [0.15, 0.2) is 5.78 Å². The fraction of sp³-hybridized carbons (Fsp3) is 0.889. The van der Waals surface area contributed by atoms with Crippen molar-refractivity contribution in [2.24, 2.45) is 11.7 Å². The first-order valence-electron chi connectivity index (χ1n) is 4.55. The van der Waals surface area contributed by atoms with Gasteiger partial charge in [-0.2, -0.15) is 0 Å². The van der Waals surface area contributed by atoms with Crippen molar-refractivity contribution in [3.05, 3.63) is 0 Å². The number of carbonyl (C=O) groups excluding carboxylic acids is 1. The van der Waals surface area contributed by atoms with Crippen LogP contribution in [0.3, 0.4) is 0 Å². The molecule has 70 valence electrons. The van der Waals surface area contributed by atoms with Crippen LogP contribution in [0.5, 0.6) is 0 Å². The molecule has 1 aliphatic carbocycles. The molecule has 1 atom stereocenters. The maximum absolute atomic E-state index is 10.8. The van der Waals surface area contributed by atoms with Gasteiger partial charge in [0, 0.05) is 6.04 Å². The van der Waals surface area contributed by atoms with Crippen molar-refractivity contribution in [2.45, 2.75) is 44.8 Å². The molecule has 1 rings (SSSR count). The van der Waals surface area contributed by atoms with Gasteiger partial charge in [-0.05, 0) is 38.5 Å². The number of nitrogens with two attached hydrogens (primary N) is 1. The Morgan fingerprint density at radius 3 is 2.33 bits per heavy atom. The zero-order valence-corrected chi connectivity index (χ0v) is 7.49. The molecule has 1 aliphatic rings. The number of aliphatic hydroxyl groups excluding tert-OH is 1. The van der Waals surface area contributed by atoms with Crippen LogP contribution < -0.4 is 5.73 Å². The number of carbonyl (C=O) groups is 1. The van der Waals surface area contributed by atoms with Gasteiger partial charge in [-0.25, -0.2) is 0 Å². The second kappa shape index (κ2) is 4.01. The monoisotopic (exact) mass is 171 g/mol. The summed E-state index contributed by atoms with van der Waals surface area (Å²) < 4.78 is 0. The molecule has 0 amide bonds. The summed E-state index contributed by atoms with van der Waals surface area (Å²) in [6, 6.07) is 0.278. The Balaban J connectivity index is 2.39. The van der Waals surface area contributed by atoms with Crippen LogP contribution in [0.25, 0.3) is 0 Å². The molecule has 3 nitrogen and oxygen atoms in total. The van der Waals surface area contributed by atoms with E-state index in [0.29, 0.717) is 0 Å². The van der Waals surface area contributed by atoms with Crippen molar-refractivity contribution in [3.8, 4) is 0 Å². The average Bonchev–Trinajstić information content (AvgIpc) is 2.04. The van der Waals surface area contributed by atoms with Gasteiger partial charge >= 0.3 is 0 Å². The zero-order valence-electron chi connectivity index (χ0n) is 7.49. The Hall–Kier alpha value is -0.410. The Kier molecular flexibility index (Phi) is 3.23. The van der Waals surface area contributed by atoms with Crippen LogP contribution in [0.1, 0.15) is 32.6 Å². The first kappa shape index (κ1) is 9.68.